The van der Waals surface area contributed by atoms with Crippen LogP contribution in [-0.2, 0) is 4.74 Å². The van der Waals surface area contributed by atoms with Crippen LogP contribution in [0.4, 0.5) is 0 Å². The summed E-state index contributed by atoms with van der Waals surface area (Å²) in [5.74, 6) is 3.61. The molecule has 1 aromatic rings. The van der Waals surface area contributed by atoms with Crippen molar-refractivity contribution in [1.29, 1.82) is 0 Å². The molecule has 20 heavy (non-hydrogen) atoms. The Morgan fingerprint density at radius 1 is 1.35 bits per heavy atom. The fourth-order valence-corrected chi connectivity index (χ4v) is 5.20. The molecule has 1 aromatic carbocycles. The van der Waals surface area contributed by atoms with E-state index in [1.165, 1.54) is 35.7 Å². The first-order valence-electron chi connectivity index (χ1n) is 7.49. The van der Waals surface area contributed by atoms with Crippen LogP contribution in [0.25, 0.3) is 0 Å². The van der Waals surface area contributed by atoms with Gasteiger partial charge >= 0.3 is 0 Å². The van der Waals surface area contributed by atoms with Gasteiger partial charge in [0.05, 0.1) is 5.60 Å². The average Bonchev–Trinajstić information content (AvgIpc) is 2.93. The number of nitrogens with one attached hydrogen (secondary N) is 1. The van der Waals surface area contributed by atoms with E-state index in [1.54, 1.807) is 0 Å². The van der Waals surface area contributed by atoms with Gasteiger partial charge in [-0.25, -0.2) is 0 Å². The summed E-state index contributed by atoms with van der Waals surface area (Å²) in [4.78, 5) is 1.37. The molecular weight excluding hydrogens is 286 g/mol. The lowest BCUT2D eigenvalue weighted by Crippen LogP contribution is -2.47. The normalized spacial score (nSPS) is 29.9. The van der Waals surface area contributed by atoms with Gasteiger partial charge in [-0.15, -0.1) is 11.8 Å². The van der Waals surface area contributed by atoms with Crippen LogP contribution in [0.3, 0.4) is 0 Å². The van der Waals surface area contributed by atoms with Crippen molar-refractivity contribution in [2.45, 2.75) is 35.8 Å². The fourth-order valence-electron chi connectivity index (χ4n) is 3.01. The molecular formula is C16H23NOS2. The fraction of sp³-hybridized carbons (Fsp3) is 0.625. The second-order valence-corrected chi connectivity index (χ2v) is 7.91. The topological polar surface area (TPSA) is 21.3 Å². The van der Waals surface area contributed by atoms with E-state index < -0.39 is 0 Å². The molecule has 2 nitrogen and oxygen atoms in total. The van der Waals surface area contributed by atoms with Crippen molar-refractivity contribution in [3.8, 4) is 0 Å². The molecule has 0 saturated carbocycles. The quantitative estimate of drug-likeness (QED) is 0.664. The van der Waals surface area contributed by atoms with Gasteiger partial charge in [-0.1, -0.05) is 18.2 Å². The summed E-state index contributed by atoms with van der Waals surface area (Å²) in [6, 6.07) is 11.3. The third-order valence-electron chi connectivity index (χ3n) is 4.11. The van der Waals surface area contributed by atoms with E-state index in [1.807, 2.05) is 11.8 Å². The Balaban J connectivity index is 1.38. The van der Waals surface area contributed by atoms with E-state index in [0.717, 1.165) is 18.9 Å². The predicted molar refractivity (Wildman–Crippen MR) is 88.8 cm³/mol. The number of thioether (sulfide) groups is 2. The largest absolute Gasteiger partial charge is 0.374 e. The number of ether oxygens (including phenoxy) is 1. The van der Waals surface area contributed by atoms with Gasteiger partial charge in [0.1, 0.15) is 0 Å². The smallest absolute Gasteiger partial charge is 0.0795 e. The summed E-state index contributed by atoms with van der Waals surface area (Å²) >= 11 is 3.99. The van der Waals surface area contributed by atoms with Crippen molar-refractivity contribution in [1.82, 2.24) is 5.32 Å². The Labute approximate surface area is 130 Å². The van der Waals surface area contributed by atoms with Crippen LogP contribution in [-0.4, -0.2) is 42.1 Å². The van der Waals surface area contributed by atoms with Crippen molar-refractivity contribution >= 4 is 23.5 Å². The Morgan fingerprint density at radius 3 is 3.05 bits per heavy atom. The lowest BCUT2D eigenvalue weighted by atomic mass is 9.90. The van der Waals surface area contributed by atoms with E-state index in [2.05, 4.69) is 47.4 Å². The lowest BCUT2D eigenvalue weighted by molar-refractivity contribution is -0.0698. The van der Waals surface area contributed by atoms with Crippen LogP contribution >= 0.6 is 23.5 Å². The standard InChI is InChI=1S/C16H23NOS2/c1-2-4-15(5-3-1)20-11-8-17-14-6-9-18-16(12-14)7-10-19-13-16/h1-5,14,17H,6-13H2. The molecule has 0 radical (unpaired) electrons. The van der Waals surface area contributed by atoms with Gasteiger partial charge < -0.3 is 10.1 Å². The molecule has 0 aromatic heterocycles. The molecule has 0 bridgehead atoms. The predicted octanol–water partition coefficient (Wildman–Crippen LogP) is 3.42. The summed E-state index contributed by atoms with van der Waals surface area (Å²) in [6.45, 7) is 2.03. The van der Waals surface area contributed by atoms with E-state index in [9.17, 15) is 0 Å². The van der Waals surface area contributed by atoms with E-state index in [4.69, 9.17) is 4.74 Å². The first-order valence-corrected chi connectivity index (χ1v) is 9.63. The summed E-state index contributed by atoms with van der Waals surface area (Å²) in [5.41, 5.74) is 0.202. The highest BCUT2D eigenvalue weighted by Crippen LogP contribution is 2.38. The zero-order valence-corrected chi connectivity index (χ0v) is 13.5. The van der Waals surface area contributed by atoms with Gasteiger partial charge in [0, 0.05) is 35.6 Å². The maximum absolute atomic E-state index is 6.07. The van der Waals surface area contributed by atoms with E-state index >= 15 is 0 Å². The molecule has 1 spiro atoms. The molecule has 1 N–H and O–H groups in total. The van der Waals surface area contributed by atoms with Crippen molar-refractivity contribution in [2.24, 2.45) is 0 Å². The Morgan fingerprint density at radius 2 is 2.25 bits per heavy atom. The summed E-state index contributed by atoms with van der Waals surface area (Å²) in [5, 5.41) is 3.73. The summed E-state index contributed by atoms with van der Waals surface area (Å²) in [7, 11) is 0. The van der Waals surface area contributed by atoms with E-state index in [-0.39, 0.29) is 5.60 Å². The molecule has 2 fully saturated rings. The highest BCUT2D eigenvalue weighted by atomic mass is 32.2. The molecule has 2 saturated heterocycles. The molecule has 2 aliphatic heterocycles. The second-order valence-electron chi connectivity index (χ2n) is 5.64. The van der Waals surface area contributed by atoms with Crippen LogP contribution in [0.1, 0.15) is 19.3 Å². The van der Waals surface area contributed by atoms with Gasteiger partial charge in [0.25, 0.3) is 0 Å². The van der Waals surface area contributed by atoms with Gasteiger partial charge in [-0.05, 0) is 37.1 Å². The molecule has 2 atom stereocenters. The molecule has 2 unspecified atom stereocenters. The molecule has 4 heteroatoms. The molecule has 110 valence electrons. The molecule has 3 rings (SSSR count). The van der Waals surface area contributed by atoms with Gasteiger partial charge in [-0.2, -0.15) is 11.8 Å². The highest BCUT2D eigenvalue weighted by molar-refractivity contribution is 7.99. The maximum Gasteiger partial charge on any atom is 0.0795 e. The SMILES string of the molecule is c1ccc(SCCNC2CCOC3(CCSC3)C2)cc1. The van der Waals surface area contributed by atoms with Gasteiger partial charge in [-0.3, -0.25) is 0 Å². The van der Waals surface area contributed by atoms with E-state index in [0.29, 0.717) is 6.04 Å². The van der Waals surface area contributed by atoms with Crippen LogP contribution in [0, 0.1) is 0 Å². The number of hydrogen-bond acceptors (Lipinski definition) is 4. The van der Waals surface area contributed by atoms with Gasteiger partial charge in [0.15, 0.2) is 0 Å². The van der Waals surface area contributed by atoms with Crippen LogP contribution in [0.2, 0.25) is 0 Å². The van der Waals surface area contributed by atoms with Crippen molar-refractivity contribution in [2.75, 3.05) is 30.4 Å². The first-order chi connectivity index (χ1) is 9.86. The lowest BCUT2D eigenvalue weighted by Gasteiger charge is -2.38. The maximum atomic E-state index is 6.07. The van der Waals surface area contributed by atoms with Crippen LogP contribution < -0.4 is 5.32 Å². The van der Waals surface area contributed by atoms with Crippen molar-refractivity contribution < 1.29 is 4.74 Å². The number of benzene rings is 1. The Hall–Kier alpha value is -0.160. The van der Waals surface area contributed by atoms with Crippen LogP contribution in [0.5, 0.6) is 0 Å². The van der Waals surface area contributed by atoms with Gasteiger partial charge in [0.2, 0.25) is 0 Å². The number of rotatable bonds is 5. The molecule has 2 heterocycles. The second kappa shape index (κ2) is 7.21. The Bertz CT molecular complexity index is 406. The minimum atomic E-state index is 0.202. The molecule has 0 aliphatic carbocycles. The highest BCUT2D eigenvalue weighted by Gasteiger charge is 2.40. The monoisotopic (exact) mass is 309 g/mol. The minimum Gasteiger partial charge on any atom is -0.374 e. The zero-order chi connectivity index (χ0) is 13.7. The first kappa shape index (κ1) is 14.8. The zero-order valence-electron chi connectivity index (χ0n) is 11.8. The van der Waals surface area contributed by atoms with Crippen LogP contribution in [0.15, 0.2) is 35.2 Å². The van der Waals surface area contributed by atoms with Crippen molar-refractivity contribution in [3.63, 3.8) is 0 Å². The summed E-state index contributed by atoms with van der Waals surface area (Å²) < 4.78 is 6.07. The summed E-state index contributed by atoms with van der Waals surface area (Å²) in [6.07, 6.45) is 3.62. The number of hydrogen-bond donors (Lipinski definition) is 1. The van der Waals surface area contributed by atoms with Crippen molar-refractivity contribution in [3.05, 3.63) is 30.3 Å². The molecule has 2 aliphatic rings. The molecule has 0 amide bonds. The Kier molecular flexibility index (Phi) is 5.32. The third kappa shape index (κ3) is 3.94. The third-order valence-corrected chi connectivity index (χ3v) is 6.34. The average molecular weight is 310 g/mol. The minimum absolute atomic E-state index is 0.202.